The highest BCUT2D eigenvalue weighted by Crippen LogP contribution is 2.33. The number of hydrogen-bond donors (Lipinski definition) is 2. The molecule has 120 valence electrons. The van der Waals surface area contributed by atoms with Gasteiger partial charge in [0.05, 0.1) is 16.8 Å². The predicted molar refractivity (Wildman–Crippen MR) is 81.8 cm³/mol. The van der Waals surface area contributed by atoms with Crippen LogP contribution in [0.2, 0.25) is 0 Å². The fourth-order valence-corrected chi connectivity index (χ4v) is 1.98. The normalized spacial score (nSPS) is 12.3. The third kappa shape index (κ3) is 3.68. The van der Waals surface area contributed by atoms with Crippen molar-refractivity contribution in [1.82, 2.24) is 4.98 Å². The van der Waals surface area contributed by atoms with Crippen LogP contribution in [0.4, 0.5) is 13.2 Å². The van der Waals surface area contributed by atoms with E-state index in [1.54, 1.807) is 19.1 Å². The highest BCUT2D eigenvalue weighted by atomic mass is 19.4. The molecule has 1 heterocycles. The van der Waals surface area contributed by atoms with Crippen molar-refractivity contribution in [2.75, 3.05) is 0 Å². The van der Waals surface area contributed by atoms with E-state index in [1.165, 1.54) is 18.3 Å². The Morgan fingerprint density at radius 1 is 1.30 bits per heavy atom. The molecule has 0 amide bonds. The Hall–Kier alpha value is -2.83. The number of rotatable bonds is 3. The summed E-state index contributed by atoms with van der Waals surface area (Å²) < 4.78 is 39.0. The number of aromatic nitrogens is 1. The molecule has 0 aliphatic heterocycles. The first-order valence-electron chi connectivity index (χ1n) is 6.56. The molecule has 0 saturated carbocycles. The molecule has 2 rings (SSSR count). The van der Waals surface area contributed by atoms with Crippen LogP contribution in [0.25, 0.3) is 5.70 Å². The minimum atomic E-state index is -4.58. The molecule has 23 heavy (non-hydrogen) atoms. The molecule has 1 aromatic carbocycles. The second-order valence-electron chi connectivity index (χ2n) is 4.86. The summed E-state index contributed by atoms with van der Waals surface area (Å²) in [5, 5.41) is 9.79. The molecule has 0 spiro atoms. The van der Waals surface area contributed by atoms with Crippen LogP contribution in [0.5, 0.6) is 5.75 Å². The lowest BCUT2D eigenvalue weighted by Crippen LogP contribution is -2.15. The number of nitrogens with zero attached hydrogens (tertiary/aromatic N) is 2. The van der Waals surface area contributed by atoms with Gasteiger partial charge in [0.2, 0.25) is 0 Å². The Labute approximate surface area is 130 Å². The molecule has 7 heteroatoms. The summed E-state index contributed by atoms with van der Waals surface area (Å²) in [6.07, 6.45) is -3.37. The molecular weight excluding hydrogens is 307 g/mol. The van der Waals surface area contributed by atoms with Gasteiger partial charge in [0.25, 0.3) is 0 Å². The van der Waals surface area contributed by atoms with Gasteiger partial charge in [0, 0.05) is 6.20 Å². The molecule has 0 aliphatic rings. The van der Waals surface area contributed by atoms with Crippen molar-refractivity contribution in [1.29, 1.82) is 0 Å². The number of halogens is 3. The Morgan fingerprint density at radius 2 is 2.00 bits per heavy atom. The molecule has 0 atom stereocenters. The number of amidine groups is 1. The van der Waals surface area contributed by atoms with E-state index in [4.69, 9.17) is 5.73 Å². The largest absolute Gasteiger partial charge is 0.507 e. The third-order valence-corrected chi connectivity index (χ3v) is 3.07. The second-order valence-corrected chi connectivity index (χ2v) is 4.86. The van der Waals surface area contributed by atoms with Gasteiger partial charge in [0.1, 0.15) is 17.3 Å². The van der Waals surface area contributed by atoms with E-state index < -0.39 is 17.4 Å². The molecule has 0 fully saturated rings. The number of pyridine rings is 1. The van der Waals surface area contributed by atoms with E-state index in [2.05, 4.69) is 16.6 Å². The molecule has 0 unspecified atom stereocenters. The lowest BCUT2D eigenvalue weighted by Gasteiger charge is -2.12. The van der Waals surface area contributed by atoms with Gasteiger partial charge in [-0.1, -0.05) is 18.2 Å². The molecule has 0 bridgehead atoms. The van der Waals surface area contributed by atoms with Gasteiger partial charge < -0.3 is 10.8 Å². The van der Waals surface area contributed by atoms with Crippen molar-refractivity contribution >= 4 is 11.5 Å². The first-order valence-corrected chi connectivity index (χ1v) is 6.56. The monoisotopic (exact) mass is 321 g/mol. The first-order chi connectivity index (χ1) is 10.7. The first kappa shape index (κ1) is 16.5. The number of phenols is 1. The standard InChI is InChI=1S/C16H14F3N3O/c1-9-5-6-13(23)11(8-9)15(20)22-10(2)14-12(16(17,18)19)4-3-7-21-14/h3-8,23H,2H2,1H3,(H2,20,22). The lowest BCUT2D eigenvalue weighted by molar-refractivity contribution is -0.138. The topological polar surface area (TPSA) is 71.5 Å². The quantitative estimate of drug-likeness (QED) is 0.671. The summed E-state index contributed by atoms with van der Waals surface area (Å²) in [5.41, 5.74) is 5.22. The van der Waals surface area contributed by atoms with Crippen molar-refractivity contribution in [2.45, 2.75) is 13.1 Å². The summed E-state index contributed by atoms with van der Waals surface area (Å²) in [6, 6.07) is 6.74. The van der Waals surface area contributed by atoms with Crippen LogP contribution in [0.3, 0.4) is 0 Å². The zero-order chi connectivity index (χ0) is 17.2. The van der Waals surface area contributed by atoms with E-state index in [1.807, 2.05) is 0 Å². The van der Waals surface area contributed by atoms with Crippen molar-refractivity contribution in [3.8, 4) is 5.75 Å². The van der Waals surface area contributed by atoms with Crippen LogP contribution in [-0.2, 0) is 6.18 Å². The molecule has 1 aromatic heterocycles. The van der Waals surface area contributed by atoms with Crippen molar-refractivity contribution in [3.63, 3.8) is 0 Å². The van der Waals surface area contributed by atoms with E-state index in [-0.39, 0.29) is 22.8 Å². The molecule has 3 N–H and O–H groups in total. The molecule has 4 nitrogen and oxygen atoms in total. The van der Waals surface area contributed by atoms with E-state index >= 15 is 0 Å². The van der Waals surface area contributed by atoms with Gasteiger partial charge >= 0.3 is 6.18 Å². The van der Waals surface area contributed by atoms with Crippen molar-refractivity contribution in [2.24, 2.45) is 10.7 Å². The van der Waals surface area contributed by atoms with Crippen LogP contribution in [0, 0.1) is 6.92 Å². The number of aryl methyl sites for hydroxylation is 1. The fraction of sp³-hybridized carbons (Fsp3) is 0.125. The predicted octanol–water partition coefficient (Wildman–Crippen LogP) is 3.49. The number of benzene rings is 1. The zero-order valence-corrected chi connectivity index (χ0v) is 12.2. The second kappa shape index (κ2) is 6.12. The van der Waals surface area contributed by atoms with Gasteiger partial charge in [-0.25, -0.2) is 4.99 Å². The van der Waals surface area contributed by atoms with Gasteiger partial charge in [-0.05, 0) is 31.2 Å². The van der Waals surface area contributed by atoms with Gasteiger partial charge in [-0.15, -0.1) is 0 Å². The number of aromatic hydroxyl groups is 1. The third-order valence-electron chi connectivity index (χ3n) is 3.07. The van der Waals surface area contributed by atoms with E-state index in [0.29, 0.717) is 0 Å². The highest BCUT2D eigenvalue weighted by molar-refractivity contribution is 6.02. The van der Waals surface area contributed by atoms with Crippen molar-refractivity contribution < 1.29 is 18.3 Å². The van der Waals surface area contributed by atoms with Crippen LogP contribution >= 0.6 is 0 Å². The summed E-state index contributed by atoms with van der Waals surface area (Å²) >= 11 is 0. The minimum Gasteiger partial charge on any atom is -0.507 e. The van der Waals surface area contributed by atoms with Crippen LogP contribution < -0.4 is 5.73 Å². The van der Waals surface area contributed by atoms with E-state index in [9.17, 15) is 18.3 Å². The highest BCUT2D eigenvalue weighted by Gasteiger charge is 2.34. The number of aliphatic imine (C=N–C) groups is 1. The summed E-state index contributed by atoms with van der Waals surface area (Å²) in [7, 11) is 0. The smallest absolute Gasteiger partial charge is 0.418 e. The summed E-state index contributed by atoms with van der Waals surface area (Å²) in [4.78, 5) is 7.56. The maximum atomic E-state index is 13.0. The Balaban J connectivity index is 2.44. The average Bonchev–Trinajstić information content (AvgIpc) is 2.48. The SMILES string of the molecule is C=C(N=C(N)c1cc(C)ccc1O)c1ncccc1C(F)(F)F. The van der Waals surface area contributed by atoms with Crippen LogP contribution in [-0.4, -0.2) is 15.9 Å². The molecule has 0 saturated heterocycles. The van der Waals surface area contributed by atoms with Gasteiger partial charge in [0.15, 0.2) is 0 Å². The number of alkyl halides is 3. The van der Waals surface area contributed by atoms with E-state index in [0.717, 1.165) is 11.6 Å². The lowest BCUT2D eigenvalue weighted by atomic mass is 10.1. The molecular formula is C16H14F3N3O. The Bertz CT molecular complexity index is 782. The maximum absolute atomic E-state index is 13.0. The molecule has 0 radical (unpaired) electrons. The summed E-state index contributed by atoms with van der Waals surface area (Å²) in [5.74, 6) is -0.267. The van der Waals surface area contributed by atoms with Crippen LogP contribution in [0.15, 0.2) is 48.1 Å². The van der Waals surface area contributed by atoms with Gasteiger partial charge in [-0.2, -0.15) is 13.2 Å². The summed E-state index contributed by atoms with van der Waals surface area (Å²) in [6.45, 7) is 5.29. The zero-order valence-electron chi connectivity index (χ0n) is 12.2. The minimum absolute atomic E-state index is 0.123. The molecule has 0 aliphatic carbocycles. The number of phenolic OH excluding ortho intramolecular Hbond substituents is 1. The maximum Gasteiger partial charge on any atom is 0.418 e. The van der Waals surface area contributed by atoms with Crippen molar-refractivity contribution in [3.05, 3.63) is 65.5 Å². The van der Waals surface area contributed by atoms with Gasteiger partial charge in [-0.3, -0.25) is 4.98 Å². The Morgan fingerprint density at radius 3 is 2.65 bits per heavy atom. The van der Waals surface area contributed by atoms with Crippen LogP contribution in [0.1, 0.15) is 22.4 Å². The fourth-order valence-electron chi connectivity index (χ4n) is 1.98. The molecule has 2 aromatic rings. The Kier molecular flexibility index (Phi) is 4.40. The number of nitrogens with two attached hydrogens (primary N) is 1. The number of hydrogen-bond acceptors (Lipinski definition) is 3. The average molecular weight is 321 g/mol.